The summed E-state index contributed by atoms with van der Waals surface area (Å²) in [6.45, 7) is 4.76. The number of thiophene rings is 1. The monoisotopic (exact) mass is 253 g/mol. The normalized spacial score (nSPS) is 20.3. The van der Waals surface area contributed by atoms with Crippen LogP contribution >= 0.6 is 11.3 Å². The lowest BCUT2D eigenvalue weighted by molar-refractivity contribution is -0.152. The van der Waals surface area contributed by atoms with Crippen LogP contribution in [0.5, 0.6) is 0 Å². The first kappa shape index (κ1) is 12.6. The van der Waals surface area contributed by atoms with E-state index in [1.165, 1.54) is 4.88 Å². The number of hydrogen-bond acceptors (Lipinski definition) is 3. The summed E-state index contributed by atoms with van der Waals surface area (Å²) >= 11 is 1.77. The molecule has 1 N–H and O–H groups in total. The summed E-state index contributed by atoms with van der Waals surface area (Å²) in [5.41, 5.74) is -0.466. The highest BCUT2D eigenvalue weighted by Gasteiger charge is 2.39. The van der Waals surface area contributed by atoms with Crippen molar-refractivity contribution in [3.05, 3.63) is 22.4 Å². The number of carboxylic acid groups (broad SMARTS) is 1. The molecule has 2 heterocycles. The highest BCUT2D eigenvalue weighted by atomic mass is 32.1. The largest absolute Gasteiger partial charge is 0.481 e. The molecular formula is C13H19NO2S. The maximum Gasteiger partial charge on any atom is 0.309 e. The van der Waals surface area contributed by atoms with Gasteiger partial charge in [-0.15, -0.1) is 11.3 Å². The van der Waals surface area contributed by atoms with Gasteiger partial charge in [0.2, 0.25) is 0 Å². The van der Waals surface area contributed by atoms with Crippen molar-refractivity contribution in [3.63, 3.8) is 0 Å². The minimum absolute atomic E-state index is 0.466. The van der Waals surface area contributed by atoms with Crippen molar-refractivity contribution in [2.75, 3.05) is 13.1 Å². The fourth-order valence-electron chi connectivity index (χ4n) is 2.48. The molecule has 0 amide bonds. The average molecular weight is 253 g/mol. The van der Waals surface area contributed by atoms with Gasteiger partial charge in [0, 0.05) is 11.4 Å². The molecule has 1 aromatic rings. The van der Waals surface area contributed by atoms with Gasteiger partial charge in [-0.2, -0.15) is 0 Å². The molecule has 1 aliphatic heterocycles. The number of rotatable bonds is 4. The summed E-state index contributed by atoms with van der Waals surface area (Å²) in [7, 11) is 0. The fourth-order valence-corrected chi connectivity index (χ4v) is 3.23. The van der Waals surface area contributed by atoms with Crippen molar-refractivity contribution >= 4 is 17.3 Å². The highest BCUT2D eigenvalue weighted by Crippen LogP contribution is 2.35. The van der Waals surface area contributed by atoms with Crippen molar-refractivity contribution in [2.45, 2.75) is 32.7 Å². The summed E-state index contributed by atoms with van der Waals surface area (Å²) in [6.07, 6.45) is 2.31. The molecule has 0 aromatic carbocycles. The molecule has 0 atom stereocenters. The van der Waals surface area contributed by atoms with Crippen LogP contribution in [-0.2, 0) is 11.3 Å². The van der Waals surface area contributed by atoms with E-state index in [-0.39, 0.29) is 0 Å². The number of carbonyl (C=O) groups is 1. The fraction of sp³-hybridized carbons (Fsp3) is 0.615. The molecule has 0 saturated carbocycles. The van der Waals surface area contributed by atoms with E-state index in [0.29, 0.717) is 0 Å². The van der Waals surface area contributed by atoms with Crippen LogP contribution in [0.2, 0.25) is 0 Å². The molecule has 4 heteroatoms. The third-order valence-corrected chi connectivity index (χ3v) is 4.76. The van der Waals surface area contributed by atoms with E-state index in [0.717, 1.165) is 38.9 Å². The molecule has 1 fully saturated rings. The Morgan fingerprint density at radius 2 is 2.24 bits per heavy atom. The molecule has 0 bridgehead atoms. The summed E-state index contributed by atoms with van der Waals surface area (Å²) in [4.78, 5) is 15.0. The first-order chi connectivity index (χ1) is 8.16. The first-order valence-corrected chi connectivity index (χ1v) is 7.02. The lowest BCUT2D eigenvalue weighted by Crippen LogP contribution is -2.43. The Morgan fingerprint density at radius 1 is 1.53 bits per heavy atom. The Kier molecular flexibility index (Phi) is 3.84. The maximum atomic E-state index is 11.3. The molecule has 3 nitrogen and oxygen atoms in total. The van der Waals surface area contributed by atoms with E-state index >= 15 is 0 Å². The predicted molar refractivity (Wildman–Crippen MR) is 69.2 cm³/mol. The summed E-state index contributed by atoms with van der Waals surface area (Å²) in [5, 5.41) is 11.4. The smallest absolute Gasteiger partial charge is 0.309 e. The first-order valence-electron chi connectivity index (χ1n) is 6.14. The van der Waals surface area contributed by atoms with Crippen LogP contribution in [-0.4, -0.2) is 29.1 Å². The van der Waals surface area contributed by atoms with E-state index in [9.17, 15) is 9.90 Å². The van der Waals surface area contributed by atoms with E-state index in [1.54, 1.807) is 11.3 Å². The standard InChI is InChI=1S/C13H19NO2S/c1-2-13(12(15)16)5-7-14(8-6-13)10-11-4-3-9-17-11/h3-4,9H,2,5-8,10H2,1H3,(H,15,16). The van der Waals surface area contributed by atoms with Crippen molar-refractivity contribution in [2.24, 2.45) is 5.41 Å². The van der Waals surface area contributed by atoms with Crippen LogP contribution in [0.1, 0.15) is 31.1 Å². The van der Waals surface area contributed by atoms with Crippen molar-refractivity contribution in [1.29, 1.82) is 0 Å². The number of nitrogens with zero attached hydrogens (tertiary/aromatic N) is 1. The van der Waals surface area contributed by atoms with Gasteiger partial charge in [0.15, 0.2) is 0 Å². The lowest BCUT2D eigenvalue weighted by atomic mass is 9.76. The minimum Gasteiger partial charge on any atom is -0.481 e. The third kappa shape index (κ3) is 2.69. The molecular weight excluding hydrogens is 234 g/mol. The lowest BCUT2D eigenvalue weighted by Gasteiger charge is -2.38. The molecule has 17 heavy (non-hydrogen) atoms. The zero-order valence-electron chi connectivity index (χ0n) is 10.2. The van der Waals surface area contributed by atoms with E-state index < -0.39 is 11.4 Å². The van der Waals surface area contributed by atoms with Crippen LogP contribution in [0.25, 0.3) is 0 Å². The predicted octanol–water partition coefficient (Wildman–Crippen LogP) is 2.82. The summed E-state index contributed by atoms with van der Waals surface area (Å²) in [5.74, 6) is -0.615. The minimum atomic E-state index is -0.615. The van der Waals surface area contributed by atoms with Gasteiger partial charge in [-0.25, -0.2) is 0 Å². The van der Waals surface area contributed by atoms with Crippen molar-refractivity contribution in [3.8, 4) is 0 Å². The number of hydrogen-bond donors (Lipinski definition) is 1. The van der Waals surface area contributed by atoms with Crippen LogP contribution in [0.15, 0.2) is 17.5 Å². The molecule has 94 valence electrons. The second kappa shape index (κ2) is 5.19. The highest BCUT2D eigenvalue weighted by molar-refractivity contribution is 7.09. The van der Waals surface area contributed by atoms with Crippen LogP contribution in [0.4, 0.5) is 0 Å². The van der Waals surface area contributed by atoms with Gasteiger partial charge < -0.3 is 5.11 Å². The molecule has 1 aromatic heterocycles. The van der Waals surface area contributed by atoms with E-state index in [2.05, 4.69) is 22.4 Å². The Hall–Kier alpha value is -0.870. The number of aliphatic carboxylic acids is 1. The van der Waals surface area contributed by atoms with Crippen molar-refractivity contribution < 1.29 is 9.90 Å². The average Bonchev–Trinajstić information content (AvgIpc) is 2.83. The summed E-state index contributed by atoms with van der Waals surface area (Å²) in [6, 6.07) is 4.21. The molecule has 0 unspecified atom stereocenters. The zero-order chi connectivity index (χ0) is 12.3. The number of carboxylic acids is 1. The Bertz CT molecular complexity index is 367. The second-order valence-corrected chi connectivity index (χ2v) is 5.83. The van der Waals surface area contributed by atoms with Gasteiger partial charge in [0.05, 0.1) is 5.41 Å². The van der Waals surface area contributed by atoms with Gasteiger partial charge in [-0.05, 0) is 43.8 Å². The molecule has 1 aliphatic rings. The zero-order valence-corrected chi connectivity index (χ0v) is 11.0. The van der Waals surface area contributed by atoms with E-state index in [1.807, 2.05) is 6.92 Å². The van der Waals surface area contributed by atoms with Gasteiger partial charge in [0.25, 0.3) is 0 Å². The number of piperidine rings is 1. The SMILES string of the molecule is CCC1(C(=O)O)CCN(Cc2cccs2)CC1. The molecule has 0 radical (unpaired) electrons. The van der Waals surface area contributed by atoms with Gasteiger partial charge in [0.1, 0.15) is 0 Å². The second-order valence-electron chi connectivity index (χ2n) is 4.79. The maximum absolute atomic E-state index is 11.3. The van der Waals surface area contributed by atoms with Crippen LogP contribution in [0.3, 0.4) is 0 Å². The molecule has 0 spiro atoms. The van der Waals surface area contributed by atoms with Crippen molar-refractivity contribution in [1.82, 2.24) is 4.90 Å². The quantitative estimate of drug-likeness (QED) is 0.897. The van der Waals surface area contributed by atoms with Crippen LogP contribution in [0, 0.1) is 5.41 Å². The van der Waals surface area contributed by atoms with Gasteiger partial charge >= 0.3 is 5.97 Å². The van der Waals surface area contributed by atoms with Gasteiger partial charge in [-0.3, -0.25) is 9.69 Å². The molecule has 2 rings (SSSR count). The third-order valence-electron chi connectivity index (χ3n) is 3.90. The topological polar surface area (TPSA) is 40.5 Å². The van der Waals surface area contributed by atoms with Gasteiger partial charge in [-0.1, -0.05) is 13.0 Å². The molecule has 0 aliphatic carbocycles. The Labute approximate surface area is 106 Å². The summed E-state index contributed by atoms with van der Waals surface area (Å²) < 4.78 is 0. The van der Waals surface area contributed by atoms with Crippen LogP contribution < -0.4 is 0 Å². The molecule has 1 saturated heterocycles. The van der Waals surface area contributed by atoms with E-state index in [4.69, 9.17) is 0 Å². The number of likely N-dealkylation sites (tertiary alicyclic amines) is 1. The Morgan fingerprint density at radius 3 is 2.71 bits per heavy atom. The Balaban J connectivity index is 1.91.